The summed E-state index contributed by atoms with van der Waals surface area (Å²) >= 11 is 0. The third-order valence-corrected chi connectivity index (χ3v) is 5.60. The maximum atomic E-state index is 12.6. The molecule has 3 heterocycles. The molecule has 1 aromatic carbocycles. The Kier molecular flexibility index (Phi) is 5.17. The summed E-state index contributed by atoms with van der Waals surface area (Å²) in [5.41, 5.74) is 1.35. The van der Waals surface area contributed by atoms with E-state index in [0.29, 0.717) is 23.6 Å². The van der Waals surface area contributed by atoms with Gasteiger partial charge in [-0.1, -0.05) is 32.0 Å². The molecule has 0 saturated carbocycles. The second-order valence-corrected chi connectivity index (χ2v) is 8.05. The molecule has 4 rings (SSSR count). The van der Waals surface area contributed by atoms with Crippen LogP contribution in [0.4, 0.5) is 11.6 Å². The number of hydrogen-bond acceptors (Lipinski definition) is 5. The predicted octanol–water partition coefficient (Wildman–Crippen LogP) is 1.80. The van der Waals surface area contributed by atoms with E-state index in [0.717, 1.165) is 38.5 Å². The van der Waals surface area contributed by atoms with Gasteiger partial charge in [0.2, 0.25) is 5.95 Å². The lowest BCUT2D eigenvalue weighted by molar-refractivity contribution is 0.515. The molecule has 0 atom stereocenters. The van der Waals surface area contributed by atoms with Gasteiger partial charge >= 0.3 is 5.69 Å². The molecule has 0 aliphatic carbocycles. The maximum Gasteiger partial charge on any atom is 0.329 e. The van der Waals surface area contributed by atoms with Gasteiger partial charge in [-0.15, -0.1) is 0 Å². The second kappa shape index (κ2) is 7.77. The Hall–Kier alpha value is -3.03. The fraction of sp³-hybridized carbons (Fsp3) is 0.476. The molecule has 0 spiro atoms. The lowest BCUT2D eigenvalue weighted by Gasteiger charge is -2.36. The van der Waals surface area contributed by atoms with Crippen molar-refractivity contribution in [3.63, 3.8) is 0 Å². The van der Waals surface area contributed by atoms with Crippen LogP contribution in [0.1, 0.15) is 20.3 Å². The number of benzene rings is 1. The van der Waals surface area contributed by atoms with Crippen LogP contribution in [0, 0.1) is 5.92 Å². The molecule has 29 heavy (non-hydrogen) atoms. The van der Waals surface area contributed by atoms with Gasteiger partial charge in [0, 0.05) is 45.5 Å². The summed E-state index contributed by atoms with van der Waals surface area (Å²) in [6.07, 6.45) is 0.935. The zero-order valence-electron chi connectivity index (χ0n) is 17.3. The first-order valence-electron chi connectivity index (χ1n) is 10.2. The number of para-hydroxylation sites is 1. The maximum absolute atomic E-state index is 12.6. The highest BCUT2D eigenvalue weighted by atomic mass is 16.2. The van der Waals surface area contributed by atoms with E-state index in [2.05, 4.69) is 52.9 Å². The van der Waals surface area contributed by atoms with Gasteiger partial charge in [0.15, 0.2) is 11.2 Å². The number of aromatic nitrogens is 4. The number of aryl methyl sites for hydroxylation is 2. The average Bonchev–Trinajstić information content (AvgIpc) is 3.11. The molecule has 1 saturated heterocycles. The van der Waals surface area contributed by atoms with Gasteiger partial charge in [0.1, 0.15) is 0 Å². The summed E-state index contributed by atoms with van der Waals surface area (Å²) in [5, 5.41) is 0. The van der Waals surface area contributed by atoms with E-state index >= 15 is 0 Å². The van der Waals surface area contributed by atoms with E-state index in [9.17, 15) is 9.59 Å². The van der Waals surface area contributed by atoms with E-state index in [1.165, 1.54) is 10.3 Å². The van der Waals surface area contributed by atoms with E-state index in [4.69, 9.17) is 4.98 Å². The van der Waals surface area contributed by atoms with Crippen LogP contribution in [-0.2, 0) is 13.6 Å². The van der Waals surface area contributed by atoms with Gasteiger partial charge in [-0.3, -0.25) is 14.3 Å². The number of H-pyrrole nitrogens is 1. The van der Waals surface area contributed by atoms with Crippen molar-refractivity contribution in [1.29, 1.82) is 0 Å². The van der Waals surface area contributed by atoms with Crippen LogP contribution in [0.25, 0.3) is 11.2 Å². The van der Waals surface area contributed by atoms with Gasteiger partial charge in [-0.05, 0) is 24.5 Å². The zero-order chi connectivity index (χ0) is 20.5. The van der Waals surface area contributed by atoms with Gasteiger partial charge in [-0.25, -0.2) is 4.79 Å². The highest BCUT2D eigenvalue weighted by Gasteiger charge is 2.25. The minimum absolute atomic E-state index is 0.367. The van der Waals surface area contributed by atoms with Crippen molar-refractivity contribution in [3.05, 3.63) is 51.2 Å². The summed E-state index contributed by atoms with van der Waals surface area (Å²) < 4.78 is 3.41. The minimum Gasteiger partial charge on any atom is -0.368 e. The normalized spacial score (nSPS) is 14.9. The summed E-state index contributed by atoms with van der Waals surface area (Å²) in [7, 11) is 1.65. The lowest BCUT2D eigenvalue weighted by atomic mass is 10.1. The van der Waals surface area contributed by atoms with Crippen LogP contribution in [0.2, 0.25) is 0 Å². The summed E-state index contributed by atoms with van der Waals surface area (Å²) in [6.45, 7) is 8.41. The van der Waals surface area contributed by atoms with Crippen LogP contribution in [0.5, 0.6) is 0 Å². The summed E-state index contributed by atoms with van der Waals surface area (Å²) in [4.78, 5) is 36.4. The Morgan fingerprint density at radius 1 is 1.03 bits per heavy atom. The SMILES string of the molecule is CC(C)CCn1c(N2CCN(c3ccccc3)CC2)nc2c1c(=O)[nH]c(=O)n2C. The first kappa shape index (κ1) is 19.3. The molecule has 0 amide bonds. The Morgan fingerprint density at radius 3 is 2.34 bits per heavy atom. The van der Waals surface area contributed by atoms with E-state index in [-0.39, 0.29) is 5.56 Å². The lowest BCUT2D eigenvalue weighted by Crippen LogP contribution is -2.47. The first-order valence-corrected chi connectivity index (χ1v) is 10.2. The Morgan fingerprint density at radius 2 is 1.69 bits per heavy atom. The molecule has 1 aliphatic rings. The Labute approximate surface area is 169 Å². The van der Waals surface area contributed by atoms with Crippen LogP contribution in [0.15, 0.2) is 39.9 Å². The largest absolute Gasteiger partial charge is 0.368 e. The molecular weight excluding hydrogens is 368 g/mol. The molecular formula is C21H28N6O2. The van der Waals surface area contributed by atoms with Crippen molar-refractivity contribution in [2.24, 2.45) is 13.0 Å². The number of piperazine rings is 1. The molecule has 1 aliphatic heterocycles. The van der Waals surface area contributed by atoms with Crippen molar-refractivity contribution >= 4 is 22.8 Å². The summed E-state index contributed by atoms with van der Waals surface area (Å²) in [5.74, 6) is 1.28. The van der Waals surface area contributed by atoms with Gasteiger partial charge in [-0.2, -0.15) is 4.98 Å². The number of rotatable bonds is 5. The van der Waals surface area contributed by atoms with Crippen LogP contribution >= 0.6 is 0 Å². The quantitative estimate of drug-likeness (QED) is 0.711. The van der Waals surface area contributed by atoms with Crippen molar-refractivity contribution in [2.75, 3.05) is 36.0 Å². The average molecular weight is 396 g/mol. The molecule has 3 aromatic rings. The molecule has 0 bridgehead atoms. The monoisotopic (exact) mass is 396 g/mol. The third kappa shape index (κ3) is 3.66. The Bertz CT molecular complexity index is 1100. The smallest absolute Gasteiger partial charge is 0.329 e. The predicted molar refractivity (Wildman–Crippen MR) is 116 cm³/mol. The zero-order valence-corrected chi connectivity index (χ0v) is 17.3. The number of anilines is 2. The highest BCUT2D eigenvalue weighted by molar-refractivity contribution is 5.74. The van der Waals surface area contributed by atoms with Crippen molar-refractivity contribution < 1.29 is 0 Å². The van der Waals surface area contributed by atoms with E-state index in [1.807, 2.05) is 10.6 Å². The van der Waals surface area contributed by atoms with Crippen molar-refractivity contribution in [2.45, 2.75) is 26.8 Å². The minimum atomic E-state index is -0.434. The van der Waals surface area contributed by atoms with E-state index < -0.39 is 5.69 Å². The number of nitrogens with zero attached hydrogens (tertiary/aromatic N) is 5. The molecule has 0 unspecified atom stereocenters. The molecule has 0 radical (unpaired) electrons. The summed E-state index contributed by atoms with van der Waals surface area (Å²) in [6, 6.07) is 10.4. The van der Waals surface area contributed by atoms with Gasteiger partial charge in [0.05, 0.1) is 0 Å². The first-order chi connectivity index (χ1) is 14.0. The molecule has 1 N–H and O–H groups in total. The molecule has 8 nitrogen and oxygen atoms in total. The van der Waals surface area contributed by atoms with Crippen LogP contribution in [-0.4, -0.2) is 45.3 Å². The van der Waals surface area contributed by atoms with Crippen molar-refractivity contribution in [1.82, 2.24) is 19.1 Å². The number of nitrogens with one attached hydrogen (secondary N) is 1. The number of imidazole rings is 1. The van der Waals surface area contributed by atoms with Crippen molar-refractivity contribution in [3.8, 4) is 0 Å². The standard InChI is InChI=1S/C21H28N6O2/c1-15(2)9-10-27-17-18(24(3)21(29)23-19(17)28)22-20(27)26-13-11-25(12-14-26)16-7-5-4-6-8-16/h4-8,15H,9-14H2,1-3H3,(H,23,28,29). The van der Waals surface area contributed by atoms with E-state index in [1.54, 1.807) is 7.05 Å². The fourth-order valence-electron chi connectivity index (χ4n) is 3.87. The van der Waals surface area contributed by atoms with Gasteiger partial charge in [0.25, 0.3) is 5.56 Å². The number of hydrogen-bond donors (Lipinski definition) is 1. The molecule has 8 heteroatoms. The topological polar surface area (TPSA) is 79.2 Å². The number of aromatic amines is 1. The third-order valence-electron chi connectivity index (χ3n) is 5.60. The van der Waals surface area contributed by atoms with Crippen LogP contribution < -0.4 is 21.0 Å². The molecule has 154 valence electrons. The highest BCUT2D eigenvalue weighted by Crippen LogP contribution is 2.24. The fourth-order valence-corrected chi connectivity index (χ4v) is 3.87. The number of fused-ring (bicyclic) bond motifs is 1. The van der Waals surface area contributed by atoms with Crippen LogP contribution in [0.3, 0.4) is 0 Å². The Balaban J connectivity index is 1.69. The van der Waals surface area contributed by atoms with Gasteiger partial charge < -0.3 is 14.4 Å². The molecule has 1 fully saturated rings. The second-order valence-electron chi connectivity index (χ2n) is 8.05. The molecule has 2 aromatic heterocycles.